The van der Waals surface area contributed by atoms with Gasteiger partial charge in [0.15, 0.2) is 12.0 Å². The summed E-state index contributed by atoms with van der Waals surface area (Å²) in [6, 6.07) is 21.1. The van der Waals surface area contributed by atoms with Crippen molar-refractivity contribution in [3.05, 3.63) is 78.4 Å². The van der Waals surface area contributed by atoms with Crippen LogP contribution in [-0.4, -0.2) is 14.5 Å². The summed E-state index contributed by atoms with van der Waals surface area (Å²) in [5.74, 6) is 0. The van der Waals surface area contributed by atoms with Crippen LogP contribution in [-0.2, 0) is 20.1 Å². The number of aromatic nitrogens is 4. The Morgan fingerprint density at radius 1 is 0.917 bits per heavy atom. The third-order valence-electron chi connectivity index (χ3n) is 3.84. The molecule has 0 fully saturated rings. The van der Waals surface area contributed by atoms with Gasteiger partial charge in [-0.1, -0.05) is 36.0 Å². The van der Waals surface area contributed by atoms with Gasteiger partial charge in [-0.3, -0.25) is 9.55 Å². The Morgan fingerprint density at radius 3 is 2.33 bits per heavy atom. The number of para-hydroxylation sites is 2. The summed E-state index contributed by atoms with van der Waals surface area (Å²) < 4.78 is 3.84. The maximum absolute atomic E-state index is 4.73. The molecule has 0 amide bonds. The van der Waals surface area contributed by atoms with E-state index in [-0.39, 0.29) is 20.1 Å². The summed E-state index contributed by atoms with van der Waals surface area (Å²) in [5.41, 5.74) is 5.30. The first-order valence-electron chi connectivity index (χ1n) is 7.47. The Labute approximate surface area is 154 Å². The molecule has 0 aliphatic rings. The van der Waals surface area contributed by atoms with E-state index in [1.54, 1.807) is 0 Å². The van der Waals surface area contributed by atoms with Crippen LogP contribution >= 0.6 is 0 Å². The maximum Gasteiger partial charge on any atom is 0.227 e. The number of hydrogen-bond donors (Lipinski definition) is 0. The largest absolute Gasteiger partial charge is 0.332 e. The first kappa shape index (κ1) is 16.5. The number of fused-ring (bicyclic) bond motifs is 1. The standard InChI is InChI=1S/C19H15N4.Ir/c1-14-15(2)21-19-18(20-14)22(16-9-5-3-6-10-16)13-23(19)17-11-7-4-8-12-17;/h3-11H,1-2H3;/q-1;. The van der Waals surface area contributed by atoms with Crippen LogP contribution in [0.3, 0.4) is 0 Å². The number of nitrogens with zero attached hydrogens (tertiary/aromatic N) is 4. The van der Waals surface area contributed by atoms with Crippen LogP contribution in [0.15, 0.2) is 54.6 Å². The van der Waals surface area contributed by atoms with Crippen molar-refractivity contribution in [2.75, 3.05) is 0 Å². The monoisotopic (exact) mass is 492 g/mol. The minimum absolute atomic E-state index is 0. The van der Waals surface area contributed by atoms with Gasteiger partial charge in [0.1, 0.15) is 5.69 Å². The SMILES string of the molecule is Cc1nc2c(nc1C)[n+](-c1ccccc1)[c-]n2-c1[c-]cccc1.[Ir]. The number of aryl methyl sites for hydroxylation is 2. The Hall–Kier alpha value is -2.36. The Kier molecular flexibility index (Phi) is 4.56. The van der Waals surface area contributed by atoms with E-state index in [0.29, 0.717) is 0 Å². The van der Waals surface area contributed by atoms with Crippen LogP contribution in [0, 0.1) is 26.2 Å². The van der Waals surface area contributed by atoms with Gasteiger partial charge in [0.05, 0.1) is 5.69 Å². The minimum Gasteiger partial charge on any atom is -0.332 e. The van der Waals surface area contributed by atoms with Gasteiger partial charge in [-0.25, -0.2) is 0 Å². The van der Waals surface area contributed by atoms with E-state index in [0.717, 1.165) is 34.1 Å². The van der Waals surface area contributed by atoms with Crippen molar-refractivity contribution in [2.45, 2.75) is 13.8 Å². The molecule has 0 saturated heterocycles. The summed E-state index contributed by atoms with van der Waals surface area (Å²) >= 11 is 0. The third kappa shape index (κ3) is 2.77. The number of rotatable bonds is 2. The summed E-state index contributed by atoms with van der Waals surface area (Å²) in [7, 11) is 0. The van der Waals surface area contributed by atoms with Gasteiger partial charge >= 0.3 is 0 Å². The predicted octanol–water partition coefficient (Wildman–Crippen LogP) is 2.91. The topological polar surface area (TPSA) is 34.6 Å². The van der Waals surface area contributed by atoms with E-state index >= 15 is 0 Å². The van der Waals surface area contributed by atoms with Crippen molar-refractivity contribution in [1.29, 1.82) is 0 Å². The van der Waals surface area contributed by atoms with Crippen molar-refractivity contribution in [3.63, 3.8) is 0 Å². The van der Waals surface area contributed by atoms with Crippen LogP contribution in [0.5, 0.6) is 0 Å². The maximum atomic E-state index is 4.73. The Morgan fingerprint density at radius 2 is 1.62 bits per heavy atom. The molecular weight excluding hydrogens is 476 g/mol. The molecule has 0 spiro atoms. The van der Waals surface area contributed by atoms with Gasteiger partial charge in [-0.15, -0.1) is 4.98 Å². The molecule has 24 heavy (non-hydrogen) atoms. The van der Waals surface area contributed by atoms with E-state index in [9.17, 15) is 0 Å². The first-order chi connectivity index (χ1) is 11.2. The molecule has 4 nitrogen and oxygen atoms in total. The van der Waals surface area contributed by atoms with Crippen LogP contribution in [0.4, 0.5) is 0 Å². The van der Waals surface area contributed by atoms with Gasteiger partial charge in [0, 0.05) is 25.8 Å². The second kappa shape index (κ2) is 6.63. The predicted molar refractivity (Wildman–Crippen MR) is 87.5 cm³/mol. The number of imidazole rings is 1. The smallest absolute Gasteiger partial charge is 0.227 e. The molecule has 5 heteroatoms. The number of hydrogen-bond acceptors (Lipinski definition) is 2. The second-order valence-electron chi connectivity index (χ2n) is 5.40. The Balaban J connectivity index is 0.00000169. The van der Waals surface area contributed by atoms with Gasteiger partial charge in [-0.05, 0) is 13.8 Å². The average molecular weight is 492 g/mol. The molecule has 1 radical (unpaired) electrons. The molecule has 0 aliphatic heterocycles. The summed E-state index contributed by atoms with van der Waals surface area (Å²) in [5, 5.41) is 0. The van der Waals surface area contributed by atoms with Gasteiger partial charge < -0.3 is 4.57 Å². The summed E-state index contributed by atoms with van der Waals surface area (Å²) in [4.78, 5) is 9.46. The molecule has 0 N–H and O–H groups in total. The van der Waals surface area contributed by atoms with E-state index < -0.39 is 0 Å². The van der Waals surface area contributed by atoms with Crippen LogP contribution in [0.2, 0.25) is 0 Å². The minimum atomic E-state index is 0. The van der Waals surface area contributed by atoms with Crippen LogP contribution < -0.4 is 4.57 Å². The molecule has 0 atom stereocenters. The second-order valence-corrected chi connectivity index (χ2v) is 5.40. The molecule has 0 unspecified atom stereocenters. The average Bonchev–Trinajstić information content (AvgIpc) is 2.95. The van der Waals surface area contributed by atoms with E-state index in [1.807, 2.05) is 77.6 Å². The van der Waals surface area contributed by atoms with Crippen molar-refractivity contribution in [2.24, 2.45) is 0 Å². The van der Waals surface area contributed by atoms with Gasteiger partial charge in [-0.2, -0.15) is 30.3 Å². The molecule has 2 aromatic carbocycles. The van der Waals surface area contributed by atoms with Crippen LogP contribution in [0.1, 0.15) is 11.4 Å². The fourth-order valence-electron chi connectivity index (χ4n) is 2.52. The van der Waals surface area contributed by atoms with Crippen molar-refractivity contribution in [1.82, 2.24) is 14.5 Å². The molecule has 4 rings (SSSR count). The van der Waals surface area contributed by atoms with E-state index in [1.165, 1.54) is 0 Å². The zero-order valence-electron chi connectivity index (χ0n) is 13.3. The summed E-state index contributed by atoms with van der Waals surface area (Å²) in [6.45, 7) is 3.95. The molecule has 121 valence electrons. The van der Waals surface area contributed by atoms with E-state index in [2.05, 4.69) is 12.4 Å². The quantitative estimate of drug-likeness (QED) is 0.319. The fourth-order valence-corrected chi connectivity index (χ4v) is 2.52. The normalized spacial score (nSPS) is 10.6. The zero-order chi connectivity index (χ0) is 15.8. The van der Waals surface area contributed by atoms with Crippen molar-refractivity contribution >= 4 is 11.3 Å². The molecule has 2 heterocycles. The molecule has 4 aromatic rings. The molecular formula is C19H15IrN4-. The molecule has 2 aromatic heterocycles. The third-order valence-corrected chi connectivity index (χ3v) is 3.84. The van der Waals surface area contributed by atoms with Crippen molar-refractivity contribution < 1.29 is 24.7 Å². The van der Waals surface area contributed by atoms with E-state index in [4.69, 9.17) is 9.97 Å². The molecule has 0 bridgehead atoms. The van der Waals surface area contributed by atoms with Crippen molar-refractivity contribution in [3.8, 4) is 11.4 Å². The Bertz CT molecular complexity index is 899. The fraction of sp³-hybridized carbons (Fsp3) is 0.105. The van der Waals surface area contributed by atoms with Gasteiger partial charge in [0.2, 0.25) is 5.65 Å². The zero-order valence-corrected chi connectivity index (χ0v) is 15.7. The summed E-state index contributed by atoms with van der Waals surface area (Å²) in [6.07, 6.45) is 3.35. The molecule has 0 saturated carbocycles. The van der Waals surface area contributed by atoms with Gasteiger partial charge in [0.25, 0.3) is 0 Å². The van der Waals surface area contributed by atoms with Crippen LogP contribution in [0.25, 0.3) is 22.7 Å². The molecule has 0 aliphatic carbocycles. The first-order valence-corrected chi connectivity index (χ1v) is 7.47. The number of benzene rings is 2.